The van der Waals surface area contributed by atoms with Crippen molar-refractivity contribution in [3.8, 4) is 0 Å². The molecule has 0 aromatic rings. The van der Waals surface area contributed by atoms with Crippen molar-refractivity contribution in [1.29, 1.82) is 0 Å². The number of hydrogen-bond acceptors (Lipinski definition) is 16. The molecule has 0 aromatic heterocycles. The van der Waals surface area contributed by atoms with Gasteiger partial charge in [0.1, 0.15) is 0 Å². The zero-order valence-electron chi connectivity index (χ0n) is 9.55. The first kappa shape index (κ1) is 45.7. The number of hydrogen-bond donors (Lipinski definition) is 0. The molecule has 0 rings (SSSR count). The van der Waals surface area contributed by atoms with E-state index in [0.29, 0.717) is 0 Å². The van der Waals surface area contributed by atoms with Crippen molar-refractivity contribution in [2.75, 3.05) is 0 Å². The maximum atomic E-state index is 8.92. The molecule has 0 heterocycles. The van der Waals surface area contributed by atoms with Crippen molar-refractivity contribution in [2.24, 2.45) is 0 Å². The summed E-state index contributed by atoms with van der Waals surface area (Å²) in [6.45, 7) is -18.2. The first-order valence-corrected chi connectivity index (χ1v) is 13.1. The fourth-order valence-electron chi connectivity index (χ4n) is 0. The van der Waals surface area contributed by atoms with Gasteiger partial charge in [0.25, 0.3) is 0 Å². The smallest absolute Gasteiger partial charge is 0.844 e. The minimum Gasteiger partial charge on any atom is -0.844 e. The van der Waals surface area contributed by atoms with Gasteiger partial charge < -0.3 is 85.6 Å². The zero-order valence-corrected chi connectivity index (χ0v) is 25.2. The van der Waals surface area contributed by atoms with Crippen LogP contribution < -0.4 is 58.7 Å². The molecule has 0 aliphatic rings. The van der Waals surface area contributed by atoms with Crippen molar-refractivity contribution in [3.05, 3.63) is 0 Å². The van der Waals surface area contributed by atoms with E-state index in [4.69, 9.17) is 58.7 Å². The molecule has 0 radical (unpaired) electrons. The van der Waals surface area contributed by atoms with Crippen LogP contribution in [0.3, 0.4) is 0 Å². The standard InChI is InChI=1S/4H3O3PS.3W/c4*1-4(2,3)5;;;/h4*(H3,1,2,3,5);;;/q;;;;3*+4/p-12. The van der Waals surface area contributed by atoms with E-state index in [1.54, 1.807) is 0 Å². The predicted molar refractivity (Wildman–Crippen MR) is 57.1 cm³/mol. The van der Waals surface area contributed by atoms with Gasteiger partial charge >= 0.3 is 63.2 Å². The van der Waals surface area contributed by atoms with Gasteiger partial charge in [-0.15, -0.1) is 0 Å². The molecule has 0 unspecified atom stereocenters. The van der Waals surface area contributed by atoms with Gasteiger partial charge in [-0.05, 0) is 0 Å². The molecule has 0 spiro atoms. The van der Waals surface area contributed by atoms with Crippen LogP contribution in [0.5, 0.6) is 0 Å². The van der Waals surface area contributed by atoms with E-state index in [9.17, 15) is 0 Å². The molecule has 23 heavy (non-hydrogen) atoms. The van der Waals surface area contributed by atoms with E-state index in [2.05, 4.69) is 47.2 Å². The normalized spacial score (nSPS) is 10.3. The minimum atomic E-state index is -4.56. The molecule has 0 atom stereocenters. The second-order valence-corrected chi connectivity index (χ2v) is 10.7. The van der Waals surface area contributed by atoms with E-state index < -0.39 is 26.9 Å². The SMILES string of the molecule is [O-]P([O-])([O-])=S.[O-]P([O-])([O-])=S.[O-]P([O-])([O-])=S.[O-]P([O-])([O-])=S.[W+4].[W+4].[W+4]. The molecule has 0 saturated carbocycles. The van der Waals surface area contributed by atoms with E-state index in [1.807, 2.05) is 0 Å². The Morgan fingerprint density at radius 1 is 0.304 bits per heavy atom. The molecule has 0 aliphatic carbocycles. The monoisotopic (exact) mass is 996 g/mol. The molecule has 0 amide bonds. The van der Waals surface area contributed by atoms with Gasteiger partial charge in [-0.2, -0.15) is 47.2 Å². The summed E-state index contributed by atoms with van der Waals surface area (Å²) in [5.74, 6) is 0. The third-order valence-electron chi connectivity index (χ3n) is 0. The summed E-state index contributed by atoms with van der Waals surface area (Å²) in [6, 6.07) is 0. The first-order valence-electron chi connectivity index (χ1n) is 2.92. The van der Waals surface area contributed by atoms with Crippen molar-refractivity contribution >= 4 is 74.1 Å². The van der Waals surface area contributed by atoms with Crippen LogP contribution in [0.4, 0.5) is 0 Å². The zero-order chi connectivity index (χ0) is 18.0. The Morgan fingerprint density at radius 3 is 0.304 bits per heavy atom. The summed E-state index contributed by atoms with van der Waals surface area (Å²) in [4.78, 5) is 107. The number of rotatable bonds is 0. The van der Waals surface area contributed by atoms with Crippen LogP contribution in [-0.4, -0.2) is 0 Å². The second-order valence-electron chi connectivity index (χ2n) is 1.79. The van der Waals surface area contributed by atoms with Crippen molar-refractivity contribution in [2.45, 2.75) is 0 Å². The molecule has 0 saturated heterocycles. The summed E-state index contributed by atoms with van der Waals surface area (Å²) in [5, 5.41) is 0. The second kappa shape index (κ2) is 20.9. The summed E-state index contributed by atoms with van der Waals surface area (Å²) in [5.41, 5.74) is 0. The molecular weight excluding hydrogens is 996 g/mol. The van der Waals surface area contributed by atoms with Crippen LogP contribution in [0.25, 0.3) is 0 Å². The van der Waals surface area contributed by atoms with E-state index >= 15 is 0 Å². The van der Waals surface area contributed by atoms with Gasteiger partial charge in [0.15, 0.2) is 0 Å². The topological polar surface area (TPSA) is 277 Å². The predicted octanol–water partition coefficient (Wildman–Crippen LogP) is -10.8. The van der Waals surface area contributed by atoms with Gasteiger partial charge in [0.2, 0.25) is 0 Å². The molecule has 0 fully saturated rings. The summed E-state index contributed by atoms with van der Waals surface area (Å²) in [7, 11) is 0. The molecule has 0 bridgehead atoms. The Morgan fingerprint density at radius 2 is 0.304 bits per heavy atom. The fourth-order valence-corrected chi connectivity index (χ4v) is 0. The Labute approximate surface area is 194 Å². The molecule has 12 nitrogen and oxygen atoms in total. The fraction of sp³-hybridized carbons (Fsp3) is 0. The van der Waals surface area contributed by atoms with E-state index in [-0.39, 0.29) is 63.2 Å². The summed E-state index contributed by atoms with van der Waals surface area (Å²) in [6.07, 6.45) is 0. The van der Waals surface area contributed by atoms with Gasteiger partial charge in [-0.1, -0.05) is 0 Å². The Kier molecular flexibility index (Phi) is 41.6. The molecule has 134 valence electrons. The van der Waals surface area contributed by atoms with Gasteiger partial charge in [-0.25, -0.2) is 0 Å². The molecular formula is O12P4S4W3. The Bertz CT molecular complexity index is 305. The van der Waals surface area contributed by atoms with Crippen LogP contribution in [0, 0.1) is 0 Å². The first-order chi connectivity index (χ1) is 8.00. The largest absolute Gasteiger partial charge is 4.00 e. The van der Waals surface area contributed by atoms with Gasteiger partial charge in [0, 0.05) is 0 Å². The van der Waals surface area contributed by atoms with Crippen LogP contribution >= 0.6 is 26.9 Å². The minimum absolute atomic E-state index is 0. The van der Waals surface area contributed by atoms with Crippen molar-refractivity contribution in [3.63, 3.8) is 0 Å². The average Bonchev–Trinajstić information content (AvgIpc) is 1.62. The molecule has 23 heteroatoms. The van der Waals surface area contributed by atoms with E-state index in [1.165, 1.54) is 0 Å². The van der Waals surface area contributed by atoms with Crippen LogP contribution in [0.15, 0.2) is 0 Å². The maximum absolute atomic E-state index is 8.92. The van der Waals surface area contributed by atoms with E-state index in [0.717, 1.165) is 0 Å². The summed E-state index contributed by atoms with van der Waals surface area (Å²) >= 11 is 13.1. The Hall–Kier alpha value is 4.18. The maximum Gasteiger partial charge on any atom is 4.00 e. The molecule has 0 N–H and O–H groups in total. The quantitative estimate of drug-likeness (QED) is 0.204. The van der Waals surface area contributed by atoms with Crippen LogP contribution in [0.1, 0.15) is 0 Å². The Balaban J connectivity index is -0.0000000284. The van der Waals surface area contributed by atoms with Crippen LogP contribution in [0.2, 0.25) is 0 Å². The third kappa shape index (κ3) is 875. The van der Waals surface area contributed by atoms with Gasteiger partial charge in [0.05, 0.1) is 0 Å². The average molecular weight is 996 g/mol. The van der Waals surface area contributed by atoms with Crippen LogP contribution in [-0.2, 0) is 110 Å². The summed E-state index contributed by atoms with van der Waals surface area (Å²) < 4.78 is 0. The van der Waals surface area contributed by atoms with Crippen molar-refractivity contribution < 1.29 is 122 Å². The van der Waals surface area contributed by atoms with Gasteiger partial charge in [-0.3, -0.25) is 0 Å². The van der Waals surface area contributed by atoms with Crippen molar-refractivity contribution in [1.82, 2.24) is 0 Å². The molecule has 0 aliphatic heterocycles. The molecule has 0 aromatic carbocycles. The third-order valence-corrected chi connectivity index (χ3v) is 0.